The van der Waals surface area contributed by atoms with Crippen LogP contribution in [0.25, 0.3) is 0 Å². The Kier molecular flexibility index (Phi) is 3.10. The van der Waals surface area contributed by atoms with E-state index in [4.69, 9.17) is 0 Å². The Morgan fingerprint density at radius 1 is 1.25 bits per heavy atom. The standard InChI is InChI=1S/C15H13FN2O2/c16-12-2-4-14(17-8-12)15(20)18-6-5-10-1-3-13(19)7-11(10)9-18/h1-4,7-8,19H,5-6,9H2. The lowest BCUT2D eigenvalue weighted by Gasteiger charge is -2.28. The van der Waals surface area contributed by atoms with Gasteiger partial charge in [-0.25, -0.2) is 9.37 Å². The summed E-state index contributed by atoms with van der Waals surface area (Å²) in [7, 11) is 0. The molecule has 102 valence electrons. The van der Waals surface area contributed by atoms with Crippen molar-refractivity contribution in [3.63, 3.8) is 0 Å². The van der Waals surface area contributed by atoms with E-state index in [1.165, 1.54) is 12.1 Å². The highest BCUT2D eigenvalue weighted by molar-refractivity contribution is 5.92. The number of fused-ring (bicyclic) bond motifs is 1. The van der Waals surface area contributed by atoms with Gasteiger partial charge in [-0.1, -0.05) is 6.07 Å². The Balaban J connectivity index is 1.82. The van der Waals surface area contributed by atoms with E-state index >= 15 is 0 Å². The smallest absolute Gasteiger partial charge is 0.272 e. The van der Waals surface area contributed by atoms with Crippen LogP contribution in [0.3, 0.4) is 0 Å². The van der Waals surface area contributed by atoms with E-state index in [2.05, 4.69) is 4.98 Å². The molecule has 0 radical (unpaired) electrons. The molecule has 0 bridgehead atoms. The van der Waals surface area contributed by atoms with Crippen molar-refractivity contribution >= 4 is 5.91 Å². The fourth-order valence-corrected chi connectivity index (χ4v) is 2.38. The van der Waals surface area contributed by atoms with Crippen LogP contribution in [0, 0.1) is 5.82 Å². The van der Waals surface area contributed by atoms with Crippen LogP contribution < -0.4 is 0 Å². The van der Waals surface area contributed by atoms with E-state index in [0.717, 1.165) is 23.7 Å². The molecule has 1 aliphatic heterocycles. The van der Waals surface area contributed by atoms with Crippen molar-refractivity contribution in [3.8, 4) is 5.75 Å². The van der Waals surface area contributed by atoms with E-state index in [9.17, 15) is 14.3 Å². The van der Waals surface area contributed by atoms with Gasteiger partial charge in [-0.15, -0.1) is 0 Å². The minimum Gasteiger partial charge on any atom is -0.508 e. The molecule has 2 heterocycles. The number of hydrogen-bond acceptors (Lipinski definition) is 3. The van der Waals surface area contributed by atoms with Gasteiger partial charge < -0.3 is 10.0 Å². The Morgan fingerprint density at radius 2 is 2.10 bits per heavy atom. The molecule has 20 heavy (non-hydrogen) atoms. The summed E-state index contributed by atoms with van der Waals surface area (Å²) in [6.45, 7) is 1.03. The minimum atomic E-state index is -0.463. The summed E-state index contributed by atoms with van der Waals surface area (Å²) in [6, 6.07) is 7.81. The van der Waals surface area contributed by atoms with Gasteiger partial charge in [0.25, 0.3) is 5.91 Å². The van der Waals surface area contributed by atoms with Crippen LogP contribution in [0.2, 0.25) is 0 Å². The fourth-order valence-electron chi connectivity index (χ4n) is 2.38. The van der Waals surface area contributed by atoms with Gasteiger partial charge in [-0.3, -0.25) is 4.79 Å². The highest BCUT2D eigenvalue weighted by Crippen LogP contribution is 2.23. The Labute approximate surface area is 115 Å². The fraction of sp³-hybridized carbons (Fsp3) is 0.200. The molecule has 0 saturated carbocycles. The zero-order valence-corrected chi connectivity index (χ0v) is 10.7. The maximum atomic E-state index is 12.8. The predicted molar refractivity (Wildman–Crippen MR) is 70.7 cm³/mol. The van der Waals surface area contributed by atoms with E-state index in [1.54, 1.807) is 17.0 Å². The van der Waals surface area contributed by atoms with Crippen molar-refractivity contribution in [2.75, 3.05) is 6.54 Å². The number of benzene rings is 1. The number of hydrogen-bond donors (Lipinski definition) is 1. The van der Waals surface area contributed by atoms with Crippen molar-refractivity contribution in [1.82, 2.24) is 9.88 Å². The van der Waals surface area contributed by atoms with Gasteiger partial charge in [0.15, 0.2) is 0 Å². The molecule has 1 amide bonds. The van der Waals surface area contributed by atoms with Crippen molar-refractivity contribution in [3.05, 3.63) is 59.2 Å². The second kappa shape index (κ2) is 4.92. The lowest BCUT2D eigenvalue weighted by Crippen LogP contribution is -2.36. The van der Waals surface area contributed by atoms with Crippen molar-refractivity contribution in [2.24, 2.45) is 0 Å². The Hall–Kier alpha value is -2.43. The number of carbonyl (C=O) groups is 1. The normalized spacial score (nSPS) is 13.9. The lowest BCUT2D eigenvalue weighted by molar-refractivity contribution is 0.0728. The van der Waals surface area contributed by atoms with E-state index in [1.807, 2.05) is 6.07 Å². The third-order valence-corrected chi connectivity index (χ3v) is 3.44. The van der Waals surface area contributed by atoms with Crippen LogP contribution >= 0.6 is 0 Å². The largest absolute Gasteiger partial charge is 0.508 e. The summed E-state index contributed by atoms with van der Waals surface area (Å²) in [5.74, 6) is -0.493. The second-order valence-corrected chi connectivity index (χ2v) is 4.79. The van der Waals surface area contributed by atoms with Crippen LogP contribution in [0.1, 0.15) is 21.6 Å². The lowest BCUT2D eigenvalue weighted by atomic mass is 9.99. The van der Waals surface area contributed by atoms with Gasteiger partial charge in [0.1, 0.15) is 17.3 Å². The third-order valence-electron chi connectivity index (χ3n) is 3.44. The highest BCUT2D eigenvalue weighted by atomic mass is 19.1. The van der Waals surface area contributed by atoms with Gasteiger partial charge in [-0.2, -0.15) is 0 Å². The summed E-state index contributed by atoms with van der Waals surface area (Å²) in [5.41, 5.74) is 2.31. The summed E-state index contributed by atoms with van der Waals surface area (Å²) in [4.78, 5) is 17.8. The van der Waals surface area contributed by atoms with E-state index < -0.39 is 5.82 Å². The number of halogens is 1. The van der Waals surface area contributed by atoms with Crippen molar-refractivity contribution in [1.29, 1.82) is 0 Å². The number of phenolic OH excluding ortho intramolecular Hbond substituents is 1. The molecular weight excluding hydrogens is 259 g/mol. The molecule has 0 fully saturated rings. The molecule has 2 aromatic rings. The highest BCUT2D eigenvalue weighted by Gasteiger charge is 2.22. The Morgan fingerprint density at radius 3 is 2.85 bits per heavy atom. The number of rotatable bonds is 1. The summed E-state index contributed by atoms with van der Waals surface area (Å²) < 4.78 is 12.8. The first-order valence-corrected chi connectivity index (χ1v) is 6.35. The maximum Gasteiger partial charge on any atom is 0.272 e. The summed E-state index contributed by atoms with van der Waals surface area (Å²) in [6.07, 6.45) is 1.78. The monoisotopic (exact) mass is 272 g/mol. The summed E-state index contributed by atoms with van der Waals surface area (Å²) in [5, 5.41) is 9.50. The second-order valence-electron chi connectivity index (χ2n) is 4.79. The molecule has 3 rings (SSSR count). The van der Waals surface area contributed by atoms with Gasteiger partial charge >= 0.3 is 0 Å². The first-order valence-electron chi connectivity index (χ1n) is 6.35. The third kappa shape index (κ3) is 2.34. The predicted octanol–water partition coefficient (Wildman–Crippen LogP) is 2.12. The maximum absolute atomic E-state index is 12.8. The average molecular weight is 272 g/mol. The van der Waals surface area contributed by atoms with Gasteiger partial charge in [0.05, 0.1) is 6.20 Å². The molecule has 0 saturated heterocycles. The van der Waals surface area contributed by atoms with Gasteiger partial charge in [-0.05, 0) is 41.8 Å². The molecule has 4 nitrogen and oxygen atoms in total. The molecular formula is C15H13FN2O2. The number of aromatic hydroxyl groups is 1. The molecule has 1 aromatic heterocycles. The first-order chi connectivity index (χ1) is 9.63. The number of pyridine rings is 1. The zero-order valence-electron chi connectivity index (χ0n) is 10.7. The number of phenols is 1. The van der Waals surface area contributed by atoms with Crippen LogP contribution in [0.5, 0.6) is 5.75 Å². The quantitative estimate of drug-likeness (QED) is 0.865. The Bertz CT molecular complexity index is 655. The van der Waals surface area contributed by atoms with Crippen LogP contribution in [0.15, 0.2) is 36.5 Å². The zero-order chi connectivity index (χ0) is 14.1. The van der Waals surface area contributed by atoms with Crippen LogP contribution in [-0.2, 0) is 13.0 Å². The number of nitrogens with zero attached hydrogens (tertiary/aromatic N) is 2. The van der Waals surface area contributed by atoms with Gasteiger partial charge in [0.2, 0.25) is 0 Å². The molecule has 0 unspecified atom stereocenters. The molecule has 0 aliphatic carbocycles. The van der Waals surface area contributed by atoms with Crippen LogP contribution in [0.4, 0.5) is 4.39 Å². The number of amides is 1. The van der Waals surface area contributed by atoms with Crippen LogP contribution in [-0.4, -0.2) is 27.4 Å². The first kappa shape index (κ1) is 12.6. The molecule has 5 heteroatoms. The topological polar surface area (TPSA) is 53.4 Å². The molecule has 0 atom stereocenters. The SMILES string of the molecule is O=C(c1ccc(F)cn1)N1CCc2ccc(O)cc2C1. The summed E-state index contributed by atoms with van der Waals surface area (Å²) >= 11 is 0. The molecule has 1 aromatic carbocycles. The van der Waals surface area contributed by atoms with Gasteiger partial charge in [0, 0.05) is 13.1 Å². The van der Waals surface area contributed by atoms with E-state index in [0.29, 0.717) is 13.1 Å². The molecule has 1 aliphatic rings. The van der Waals surface area contributed by atoms with Crippen molar-refractivity contribution < 1.29 is 14.3 Å². The number of aromatic nitrogens is 1. The number of carbonyl (C=O) groups excluding carboxylic acids is 1. The average Bonchev–Trinajstić information content (AvgIpc) is 2.46. The van der Waals surface area contributed by atoms with E-state index in [-0.39, 0.29) is 17.4 Å². The molecule has 0 spiro atoms. The minimum absolute atomic E-state index is 0.193. The molecule has 1 N–H and O–H groups in total. The van der Waals surface area contributed by atoms with Crippen molar-refractivity contribution in [2.45, 2.75) is 13.0 Å².